The Labute approximate surface area is 271 Å². The van der Waals surface area contributed by atoms with Crippen molar-refractivity contribution in [1.29, 1.82) is 0 Å². The van der Waals surface area contributed by atoms with Gasteiger partial charge in [-0.3, -0.25) is 19.3 Å². The summed E-state index contributed by atoms with van der Waals surface area (Å²) in [6.07, 6.45) is -3.01. The highest BCUT2D eigenvalue weighted by molar-refractivity contribution is 6.25. The summed E-state index contributed by atoms with van der Waals surface area (Å²) < 4.78 is 5.71. The predicted molar refractivity (Wildman–Crippen MR) is 169 cm³/mol. The number of fused-ring (bicyclic) bond motifs is 3. The molecule has 0 spiro atoms. The molecular weight excluding hydrogens is 614 g/mol. The lowest BCUT2D eigenvalue weighted by molar-refractivity contribution is -0.170. The third-order valence-corrected chi connectivity index (χ3v) is 8.57. The zero-order chi connectivity index (χ0) is 35.7. The first-order valence-electron chi connectivity index (χ1n) is 15.0. The van der Waals surface area contributed by atoms with E-state index in [1.165, 1.54) is 31.1 Å². The lowest BCUT2D eigenvalue weighted by Crippen LogP contribution is -2.72. The van der Waals surface area contributed by atoms with Gasteiger partial charge in [0.2, 0.25) is 11.4 Å². The summed E-state index contributed by atoms with van der Waals surface area (Å²) in [5.41, 5.74) is -0.581. The van der Waals surface area contributed by atoms with E-state index in [9.17, 15) is 44.4 Å². The fourth-order valence-corrected chi connectivity index (χ4v) is 6.83. The third kappa shape index (κ3) is 5.78. The molecule has 15 nitrogen and oxygen atoms in total. The normalized spacial score (nSPS) is 27.5. The first-order chi connectivity index (χ1) is 21.5. The fourth-order valence-electron chi connectivity index (χ4n) is 6.83. The van der Waals surface area contributed by atoms with Gasteiger partial charge in [-0.1, -0.05) is 13.0 Å². The lowest BCUT2D eigenvalue weighted by atomic mass is 9.54. The number of amides is 4. The maximum atomic E-state index is 14.8. The molecule has 0 radical (unpaired) electrons. The zero-order valence-corrected chi connectivity index (χ0v) is 27.8. The van der Waals surface area contributed by atoms with E-state index in [2.05, 4.69) is 16.0 Å². The van der Waals surface area contributed by atoms with E-state index in [0.29, 0.717) is 5.56 Å². The summed E-state index contributed by atoms with van der Waals surface area (Å²) in [6.45, 7) is 11.7. The van der Waals surface area contributed by atoms with E-state index in [1.807, 2.05) is 0 Å². The molecule has 4 rings (SSSR count). The van der Waals surface area contributed by atoms with Gasteiger partial charge in [-0.15, -0.1) is 0 Å². The van der Waals surface area contributed by atoms with Crippen LogP contribution in [0, 0.1) is 11.8 Å². The maximum Gasteiger partial charge on any atom is 0.409 e. The van der Waals surface area contributed by atoms with E-state index in [0.717, 1.165) is 0 Å². The van der Waals surface area contributed by atoms with E-state index in [1.54, 1.807) is 48.5 Å². The number of ether oxygens (including phenoxy) is 1. The van der Waals surface area contributed by atoms with Crippen LogP contribution in [0.4, 0.5) is 15.3 Å². The van der Waals surface area contributed by atoms with Crippen LogP contribution in [0.15, 0.2) is 29.0 Å². The number of aromatic hydroxyl groups is 1. The van der Waals surface area contributed by atoms with Crippen molar-refractivity contribution in [3.05, 3.63) is 40.2 Å². The molecule has 1 aromatic carbocycles. The van der Waals surface area contributed by atoms with Crippen molar-refractivity contribution in [2.45, 2.75) is 83.2 Å². The zero-order valence-electron chi connectivity index (χ0n) is 27.8. The fraction of sp³-hybridized carbons (Fsp3) is 0.531. The summed E-state index contributed by atoms with van der Waals surface area (Å²) in [4.78, 5) is 68.3. The lowest BCUT2D eigenvalue weighted by Gasteiger charge is -2.54. The van der Waals surface area contributed by atoms with Crippen LogP contribution in [-0.4, -0.2) is 97.8 Å². The number of benzene rings is 1. The second-order valence-corrected chi connectivity index (χ2v) is 14.5. The Kier molecular flexibility index (Phi) is 8.66. The number of carbonyl (C=O) groups is 5. The quantitative estimate of drug-likeness (QED) is 0.172. The van der Waals surface area contributed by atoms with Crippen molar-refractivity contribution in [2.75, 3.05) is 19.4 Å². The van der Waals surface area contributed by atoms with Gasteiger partial charge in [0.25, 0.3) is 5.91 Å². The van der Waals surface area contributed by atoms with Gasteiger partial charge in [-0.05, 0) is 73.2 Å². The minimum atomic E-state index is -2.92. The number of nitrogens with zero attached hydrogens (tertiary/aromatic N) is 1. The molecule has 4 amide bonds. The minimum Gasteiger partial charge on any atom is -0.507 e. The van der Waals surface area contributed by atoms with Gasteiger partial charge < -0.3 is 46.8 Å². The molecule has 0 aliphatic heterocycles. The van der Waals surface area contributed by atoms with Crippen LogP contribution in [0.3, 0.4) is 0 Å². The number of anilines is 1. The summed E-state index contributed by atoms with van der Waals surface area (Å²) in [7, 11) is 2.87. The number of hydrogen-bond donors (Lipinski definition) is 8. The molecule has 0 saturated heterocycles. The van der Waals surface area contributed by atoms with Gasteiger partial charge in [0.15, 0.2) is 11.5 Å². The van der Waals surface area contributed by atoms with Crippen LogP contribution in [0.25, 0.3) is 5.76 Å². The number of aliphatic hydroxyl groups excluding tert-OH is 3. The number of rotatable bonds is 4. The largest absolute Gasteiger partial charge is 0.507 e. The van der Waals surface area contributed by atoms with Crippen molar-refractivity contribution in [1.82, 2.24) is 15.5 Å². The van der Waals surface area contributed by atoms with Gasteiger partial charge in [0, 0.05) is 22.6 Å². The molecule has 3 aliphatic rings. The number of likely N-dealkylation sites (N-methyl/N-ethyl adjacent to an activating group) is 1. The summed E-state index contributed by atoms with van der Waals surface area (Å²) in [5, 5.41) is 54.5. The molecule has 0 bridgehead atoms. The summed E-state index contributed by atoms with van der Waals surface area (Å²) in [6, 6.07) is 0.728. The van der Waals surface area contributed by atoms with Gasteiger partial charge in [0.05, 0.1) is 29.3 Å². The molecule has 3 aliphatic carbocycles. The highest BCUT2D eigenvalue weighted by Gasteiger charge is 2.71. The predicted octanol–water partition coefficient (Wildman–Crippen LogP) is 1.95. The molecule has 6 atom stereocenters. The van der Waals surface area contributed by atoms with Crippen LogP contribution < -0.4 is 21.7 Å². The molecule has 47 heavy (non-hydrogen) atoms. The van der Waals surface area contributed by atoms with E-state index >= 15 is 0 Å². The first-order valence-corrected chi connectivity index (χ1v) is 15.0. The Morgan fingerprint density at radius 1 is 0.979 bits per heavy atom. The molecule has 0 heterocycles. The van der Waals surface area contributed by atoms with Crippen LogP contribution in [-0.2, 0) is 19.1 Å². The molecule has 256 valence electrons. The summed E-state index contributed by atoms with van der Waals surface area (Å²) in [5.74, 6) is -10.1. The number of nitrogens with one attached hydrogen (secondary N) is 3. The Morgan fingerprint density at radius 2 is 1.55 bits per heavy atom. The van der Waals surface area contributed by atoms with E-state index in [-0.39, 0.29) is 11.3 Å². The molecular formula is C32H43N5O10. The number of primary amides is 1. The first kappa shape index (κ1) is 35.2. The molecule has 1 fully saturated rings. The van der Waals surface area contributed by atoms with Crippen LogP contribution in [0.5, 0.6) is 5.75 Å². The average Bonchev–Trinajstić information content (AvgIpc) is 2.89. The van der Waals surface area contributed by atoms with Crippen LogP contribution >= 0.6 is 0 Å². The number of hydrogen-bond acceptors (Lipinski definition) is 11. The van der Waals surface area contributed by atoms with E-state index in [4.69, 9.17) is 10.5 Å². The monoisotopic (exact) mass is 657 g/mol. The van der Waals surface area contributed by atoms with Crippen molar-refractivity contribution >= 4 is 41.0 Å². The smallest absolute Gasteiger partial charge is 0.409 e. The minimum absolute atomic E-state index is 0.116. The number of phenols is 1. The molecule has 9 N–H and O–H groups in total. The number of aliphatic hydroxyl groups is 3. The Morgan fingerprint density at radius 3 is 2.06 bits per heavy atom. The number of ketones is 2. The van der Waals surface area contributed by atoms with Crippen LogP contribution in [0.2, 0.25) is 0 Å². The SMILES string of the molecule is C[C@@H]1c2ccc(NC(=O)NC(C)(C)C)c(O)c2C(O)=C2C(=O)[C@@]3(OC(=O)NC(C)(C)C)C(O)=C(C(N)=O)C(=O)[C@H](N(C)C)[C@H]3[C@H](O)[C@H]21. The highest BCUT2D eigenvalue weighted by Crippen LogP contribution is 2.57. The molecule has 1 aromatic rings. The second-order valence-electron chi connectivity index (χ2n) is 14.5. The standard InChI is InChI=1S/C32H43N5O10/c1-12-13-10-11-14(34-28(45)35-30(2,3)4)21(38)16(13)22(39)17-15(12)23(40)19-20(37(8)9)24(41)18(27(33)44)26(43)32(19,25(17)42)47-29(46)36-31(5,6)7/h10-12,15,19-20,23,38-40,43H,1-9H3,(H2,33,44)(H,36,46)(H2,34,35,45)/t12-,15+,19+,20-,23-,32-/m1/s1. The average molecular weight is 658 g/mol. The molecule has 0 unspecified atom stereocenters. The maximum absolute atomic E-state index is 14.8. The number of carbonyl (C=O) groups excluding carboxylic acids is 5. The Balaban J connectivity index is 2.03. The van der Waals surface area contributed by atoms with Crippen LogP contribution in [0.1, 0.15) is 65.5 Å². The number of alkyl carbamates (subject to hydrolysis) is 1. The third-order valence-electron chi connectivity index (χ3n) is 8.57. The Hall–Kier alpha value is -4.63. The number of phenolic OH excluding ortho intramolecular Hbond substituents is 1. The van der Waals surface area contributed by atoms with Crippen molar-refractivity contribution in [3.63, 3.8) is 0 Å². The van der Waals surface area contributed by atoms with Crippen molar-refractivity contribution < 1.29 is 49.1 Å². The highest BCUT2D eigenvalue weighted by atomic mass is 16.6. The van der Waals surface area contributed by atoms with Gasteiger partial charge >= 0.3 is 12.1 Å². The number of nitrogens with two attached hydrogens (primary N) is 1. The summed E-state index contributed by atoms with van der Waals surface area (Å²) >= 11 is 0. The number of Topliss-reactive ketones (excluding diaryl/α,β-unsaturated/α-hetero) is 2. The number of urea groups is 1. The topological polar surface area (TPSA) is 241 Å². The van der Waals surface area contributed by atoms with Gasteiger partial charge in [-0.2, -0.15) is 0 Å². The van der Waals surface area contributed by atoms with E-state index < -0.39 is 105 Å². The second kappa shape index (κ2) is 11.6. The van der Waals surface area contributed by atoms with Gasteiger partial charge in [-0.25, -0.2) is 9.59 Å². The van der Waals surface area contributed by atoms with Gasteiger partial charge in [0.1, 0.15) is 17.1 Å². The van der Waals surface area contributed by atoms with Crippen molar-refractivity contribution in [2.24, 2.45) is 17.6 Å². The molecule has 15 heteroatoms. The van der Waals surface area contributed by atoms with Crippen molar-refractivity contribution in [3.8, 4) is 5.75 Å². The molecule has 0 aromatic heterocycles. The Bertz CT molecular complexity index is 1630. The molecule has 1 saturated carbocycles.